The van der Waals surface area contributed by atoms with E-state index in [0.29, 0.717) is 0 Å². The van der Waals surface area contributed by atoms with Crippen LogP contribution in [0.2, 0.25) is 0 Å². The van der Waals surface area contributed by atoms with E-state index in [9.17, 15) is 0 Å². The highest BCUT2D eigenvalue weighted by Crippen LogP contribution is 2.05. The van der Waals surface area contributed by atoms with E-state index in [1.165, 1.54) is 71.0 Å². The Hall–Kier alpha value is -0.0800. The zero-order valence-electron chi connectivity index (χ0n) is 13.0. The lowest BCUT2D eigenvalue weighted by Gasteiger charge is -2.17. The molecule has 0 aliphatic rings. The van der Waals surface area contributed by atoms with E-state index in [0.717, 1.165) is 13.2 Å². The molecule has 0 bridgehead atoms. The minimum Gasteiger partial charge on any atom is -0.381 e. The third-order valence-electron chi connectivity index (χ3n) is 3.55. The fraction of sp³-hybridized carbons (Fsp3) is 1.00. The molecule has 0 saturated carbocycles. The van der Waals surface area contributed by atoms with Gasteiger partial charge in [0.15, 0.2) is 0 Å². The van der Waals surface area contributed by atoms with Crippen LogP contribution in [0.15, 0.2) is 0 Å². The van der Waals surface area contributed by atoms with Crippen molar-refractivity contribution in [2.75, 3.05) is 32.8 Å². The van der Waals surface area contributed by atoms with Crippen molar-refractivity contribution in [3.63, 3.8) is 0 Å². The maximum absolute atomic E-state index is 5.67. The second-order valence-corrected chi connectivity index (χ2v) is 5.11. The van der Waals surface area contributed by atoms with Gasteiger partial charge in [-0.05, 0) is 38.9 Å². The van der Waals surface area contributed by atoms with Crippen LogP contribution in [0, 0.1) is 0 Å². The van der Waals surface area contributed by atoms with E-state index in [1.807, 2.05) is 0 Å². The highest BCUT2D eigenvalue weighted by atomic mass is 16.5. The number of nitrogens with zero attached hydrogens (tertiary/aromatic N) is 1. The van der Waals surface area contributed by atoms with Crippen LogP contribution >= 0.6 is 0 Å². The van der Waals surface area contributed by atoms with Gasteiger partial charge in [0.05, 0.1) is 0 Å². The fourth-order valence-corrected chi connectivity index (χ4v) is 2.17. The number of rotatable bonds is 14. The number of hydrogen-bond acceptors (Lipinski definition) is 2. The largest absolute Gasteiger partial charge is 0.381 e. The summed E-state index contributed by atoms with van der Waals surface area (Å²) in [4.78, 5) is 2.48. The Morgan fingerprint density at radius 2 is 1.22 bits per heavy atom. The highest BCUT2D eigenvalue weighted by Gasteiger charge is 1.98. The molecule has 0 rings (SSSR count). The number of unbranched alkanes of at least 4 members (excludes halogenated alkanes) is 6. The summed E-state index contributed by atoms with van der Waals surface area (Å²) in [5.41, 5.74) is 0. The summed E-state index contributed by atoms with van der Waals surface area (Å²) in [5, 5.41) is 0. The Morgan fingerprint density at radius 3 is 1.83 bits per heavy atom. The maximum Gasteiger partial charge on any atom is 0.0466 e. The first-order chi connectivity index (χ1) is 8.85. The second kappa shape index (κ2) is 15.0. The van der Waals surface area contributed by atoms with Crippen LogP contribution in [0.25, 0.3) is 0 Å². The lowest BCUT2D eigenvalue weighted by Crippen LogP contribution is -2.24. The average Bonchev–Trinajstić information content (AvgIpc) is 2.40. The molecule has 2 heteroatoms. The van der Waals surface area contributed by atoms with Crippen LogP contribution in [-0.2, 0) is 4.74 Å². The van der Waals surface area contributed by atoms with Crippen molar-refractivity contribution in [3.05, 3.63) is 0 Å². The van der Waals surface area contributed by atoms with Gasteiger partial charge in [0.2, 0.25) is 0 Å². The van der Waals surface area contributed by atoms with Gasteiger partial charge in [-0.2, -0.15) is 0 Å². The van der Waals surface area contributed by atoms with Crippen molar-refractivity contribution in [1.29, 1.82) is 0 Å². The molecular formula is C16H35NO. The average molecular weight is 257 g/mol. The SMILES string of the molecule is CCCCCCCCOCCCCN(CC)CC. The molecule has 18 heavy (non-hydrogen) atoms. The van der Waals surface area contributed by atoms with Crippen molar-refractivity contribution < 1.29 is 4.74 Å². The predicted molar refractivity (Wildman–Crippen MR) is 81.2 cm³/mol. The summed E-state index contributed by atoms with van der Waals surface area (Å²) in [6.07, 6.45) is 10.6. The molecule has 0 heterocycles. The highest BCUT2D eigenvalue weighted by molar-refractivity contribution is 4.52. The molecule has 0 aromatic rings. The van der Waals surface area contributed by atoms with Gasteiger partial charge < -0.3 is 9.64 Å². The van der Waals surface area contributed by atoms with Crippen LogP contribution in [-0.4, -0.2) is 37.7 Å². The van der Waals surface area contributed by atoms with Gasteiger partial charge in [-0.3, -0.25) is 0 Å². The van der Waals surface area contributed by atoms with Crippen LogP contribution < -0.4 is 0 Å². The number of hydrogen-bond donors (Lipinski definition) is 0. The van der Waals surface area contributed by atoms with E-state index >= 15 is 0 Å². The minimum absolute atomic E-state index is 0.955. The topological polar surface area (TPSA) is 12.5 Å². The van der Waals surface area contributed by atoms with Gasteiger partial charge in [-0.1, -0.05) is 52.9 Å². The zero-order chi connectivity index (χ0) is 13.5. The fourth-order valence-electron chi connectivity index (χ4n) is 2.17. The molecule has 0 aromatic heterocycles. The van der Waals surface area contributed by atoms with Crippen molar-refractivity contribution in [2.24, 2.45) is 0 Å². The third-order valence-corrected chi connectivity index (χ3v) is 3.55. The van der Waals surface area contributed by atoms with Crippen molar-refractivity contribution >= 4 is 0 Å². The first-order valence-corrected chi connectivity index (χ1v) is 8.15. The molecule has 0 radical (unpaired) electrons. The lowest BCUT2D eigenvalue weighted by atomic mass is 10.1. The van der Waals surface area contributed by atoms with Gasteiger partial charge in [0, 0.05) is 13.2 Å². The van der Waals surface area contributed by atoms with Gasteiger partial charge in [0.1, 0.15) is 0 Å². The summed E-state index contributed by atoms with van der Waals surface area (Å²) in [6.45, 7) is 12.2. The summed E-state index contributed by atoms with van der Waals surface area (Å²) < 4.78 is 5.67. The van der Waals surface area contributed by atoms with Crippen molar-refractivity contribution in [3.8, 4) is 0 Å². The van der Waals surface area contributed by atoms with E-state index in [-0.39, 0.29) is 0 Å². The minimum atomic E-state index is 0.955. The van der Waals surface area contributed by atoms with Gasteiger partial charge in [0.25, 0.3) is 0 Å². The maximum atomic E-state index is 5.67. The second-order valence-electron chi connectivity index (χ2n) is 5.11. The smallest absolute Gasteiger partial charge is 0.0466 e. The molecule has 0 aromatic carbocycles. The van der Waals surface area contributed by atoms with Gasteiger partial charge in [-0.25, -0.2) is 0 Å². The van der Waals surface area contributed by atoms with E-state index in [2.05, 4.69) is 25.7 Å². The quantitative estimate of drug-likeness (QED) is 0.425. The van der Waals surface area contributed by atoms with Crippen LogP contribution in [0.1, 0.15) is 72.1 Å². The first-order valence-electron chi connectivity index (χ1n) is 8.15. The Morgan fingerprint density at radius 1 is 0.667 bits per heavy atom. The molecule has 0 saturated heterocycles. The van der Waals surface area contributed by atoms with Crippen molar-refractivity contribution in [1.82, 2.24) is 4.90 Å². The molecule has 0 amide bonds. The standard InChI is InChI=1S/C16H35NO/c1-4-7-8-9-10-12-15-18-16-13-11-14-17(5-2)6-3/h4-16H2,1-3H3. The first kappa shape index (κ1) is 17.9. The Bertz CT molecular complexity index is 146. The molecule has 2 nitrogen and oxygen atoms in total. The summed E-state index contributed by atoms with van der Waals surface area (Å²) in [7, 11) is 0. The molecule has 0 atom stereocenters. The third kappa shape index (κ3) is 12.4. The molecular weight excluding hydrogens is 222 g/mol. The lowest BCUT2D eigenvalue weighted by molar-refractivity contribution is 0.123. The molecule has 0 aliphatic heterocycles. The van der Waals surface area contributed by atoms with Crippen LogP contribution in [0.3, 0.4) is 0 Å². The predicted octanol–water partition coefficient (Wildman–Crippen LogP) is 4.49. The number of ether oxygens (including phenoxy) is 1. The van der Waals surface area contributed by atoms with Crippen molar-refractivity contribution in [2.45, 2.75) is 72.1 Å². The zero-order valence-corrected chi connectivity index (χ0v) is 13.0. The molecule has 0 N–H and O–H groups in total. The molecule has 0 unspecified atom stereocenters. The van der Waals surface area contributed by atoms with Crippen LogP contribution in [0.4, 0.5) is 0 Å². The van der Waals surface area contributed by atoms with E-state index in [1.54, 1.807) is 0 Å². The monoisotopic (exact) mass is 257 g/mol. The molecule has 0 spiro atoms. The van der Waals surface area contributed by atoms with E-state index in [4.69, 9.17) is 4.74 Å². The summed E-state index contributed by atoms with van der Waals surface area (Å²) in [5.74, 6) is 0. The normalized spacial score (nSPS) is 11.3. The van der Waals surface area contributed by atoms with Crippen LogP contribution in [0.5, 0.6) is 0 Å². The molecule has 0 aliphatic carbocycles. The summed E-state index contributed by atoms with van der Waals surface area (Å²) >= 11 is 0. The molecule has 0 fully saturated rings. The van der Waals surface area contributed by atoms with Gasteiger partial charge in [-0.15, -0.1) is 0 Å². The Kier molecular flexibility index (Phi) is 14.9. The van der Waals surface area contributed by atoms with Gasteiger partial charge >= 0.3 is 0 Å². The molecule has 110 valence electrons. The Labute approximate surface area is 115 Å². The van der Waals surface area contributed by atoms with E-state index < -0.39 is 0 Å². The summed E-state index contributed by atoms with van der Waals surface area (Å²) in [6, 6.07) is 0. The Balaban J connectivity index is 3.03.